The number of likely N-dealkylation sites (N-methyl/N-ethyl adjacent to an activating group) is 1. The lowest BCUT2D eigenvalue weighted by Gasteiger charge is -2.38. The van der Waals surface area contributed by atoms with E-state index >= 15 is 0 Å². The fourth-order valence-electron chi connectivity index (χ4n) is 3.05. The van der Waals surface area contributed by atoms with Crippen LogP contribution in [0.4, 0.5) is 0 Å². The van der Waals surface area contributed by atoms with Crippen molar-refractivity contribution in [1.82, 2.24) is 20.0 Å². The van der Waals surface area contributed by atoms with E-state index in [1.165, 1.54) is 6.42 Å². The zero-order valence-corrected chi connectivity index (χ0v) is 13.3. The number of hydrogen-bond acceptors (Lipinski definition) is 4. The lowest BCUT2D eigenvalue weighted by atomic mass is 9.93. The van der Waals surface area contributed by atoms with Crippen LogP contribution in [0.5, 0.6) is 0 Å². The van der Waals surface area contributed by atoms with E-state index in [4.69, 9.17) is 0 Å². The second-order valence-electron chi connectivity index (χ2n) is 6.61. The molecule has 2 unspecified atom stereocenters. The number of carbonyl (C=O) groups excluding carboxylic acids is 1. The molecule has 5 nitrogen and oxygen atoms in total. The van der Waals surface area contributed by atoms with Crippen LogP contribution in [-0.2, 0) is 4.79 Å². The maximum atomic E-state index is 12.5. The number of piperazine rings is 1. The Balaban J connectivity index is 1.74. The Bertz CT molecular complexity index is 313. The lowest BCUT2D eigenvalue weighted by Crippen LogP contribution is -2.56. The summed E-state index contributed by atoms with van der Waals surface area (Å²) in [4.78, 5) is 19.2. The van der Waals surface area contributed by atoms with Crippen molar-refractivity contribution >= 4 is 5.91 Å². The molecule has 0 radical (unpaired) electrons. The van der Waals surface area contributed by atoms with E-state index in [0.29, 0.717) is 11.8 Å². The van der Waals surface area contributed by atoms with Gasteiger partial charge in [-0.05, 0) is 39.4 Å². The zero-order valence-electron chi connectivity index (χ0n) is 13.3. The molecule has 1 amide bonds. The fourth-order valence-corrected chi connectivity index (χ4v) is 3.05. The predicted octanol–water partition coefficient (Wildman–Crippen LogP) is 0.0803. The van der Waals surface area contributed by atoms with Gasteiger partial charge in [0.2, 0.25) is 5.91 Å². The highest BCUT2D eigenvalue weighted by Gasteiger charge is 2.30. The van der Waals surface area contributed by atoms with Gasteiger partial charge in [-0.3, -0.25) is 9.69 Å². The fraction of sp³-hybridized carbons (Fsp3) is 0.933. The summed E-state index contributed by atoms with van der Waals surface area (Å²) in [7, 11) is 4.21. The van der Waals surface area contributed by atoms with Crippen molar-refractivity contribution in [3.8, 4) is 0 Å². The third-order valence-corrected chi connectivity index (χ3v) is 4.51. The molecule has 2 rings (SSSR count). The summed E-state index contributed by atoms with van der Waals surface area (Å²) >= 11 is 0. The maximum absolute atomic E-state index is 12.5. The Morgan fingerprint density at radius 3 is 2.55 bits per heavy atom. The molecular formula is C15H30N4O. The number of hydrogen-bond donors (Lipinski definition) is 1. The van der Waals surface area contributed by atoms with Crippen LogP contribution in [0.15, 0.2) is 0 Å². The quantitative estimate of drug-likeness (QED) is 0.793. The van der Waals surface area contributed by atoms with Crippen molar-refractivity contribution in [3.05, 3.63) is 0 Å². The Kier molecular flexibility index (Phi) is 5.81. The number of carbonyl (C=O) groups is 1. The largest absolute Gasteiger partial charge is 0.339 e. The first-order chi connectivity index (χ1) is 9.56. The molecule has 0 bridgehead atoms. The summed E-state index contributed by atoms with van der Waals surface area (Å²) in [6.45, 7) is 9.24. The summed E-state index contributed by atoms with van der Waals surface area (Å²) in [5, 5.41) is 3.39. The van der Waals surface area contributed by atoms with E-state index in [1.807, 2.05) is 0 Å². The zero-order chi connectivity index (χ0) is 14.5. The van der Waals surface area contributed by atoms with Crippen LogP contribution in [-0.4, -0.2) is 86.6 Å². The highest BCUT2D eigenvalue weighted by molar-refractivity contribution is 5.82. The highest BCUT2D eigenvalue weighted by atomic mass is 16.2. The SMILES string of the molecule is CC1CCNC(C(=O)N2CCN(CCN(C)C)CC2)C1. The first-order valence-electron chi connectivity index (χ1n) is 7.95. The first-order valence-corrected chi connectivity index (χ1v) is 7.95. The molecular weight excluding hydrogens is 252 g/mol. The summed E-state index contributed by atoms with van der Waals surface area (Å²) < 4.78 is 0. The van der Waals surface area contributed by atoms with Crippen LogP contribution in [0.2, 0.25) is 0 Å². The normalized spacial score (nSPS) is 28.9. The third kappa shape index (κ3) is 4.43. The standard InChI is InChI=1S/C15H30N4O/c1-13-4-5-16-14(12-13)15(20)19-10-8-18(9-11-19)7-6-17(2)3/h13-14,16H,4-12H2,1-3H3. The van der Waals surface area contributed by atoms with Crippen molar-refractivity contribution < 1.29 is 4.79 Å². The smallest absolute Gasteiger partial charge is 0.239 e. The second kappa shape index (κ2) is 7.38. The molecule has 2 heterocycles. The summed E-state index contributed by atoms with van der Waals surface area (Å²) in [5.74, 6) is 0.996. The molecule has 0 aromatic heterocycles. The van der Waals surface area contributed by atoms with Crippen molar-refractivity contribution in [2.75, 3.05) is 59.9 Å². The maximum Gasteiger partial charge on any atom is 0.239 e. The second-order valence-corrected chi connectivity index (χ2v) is 6.61. The van der Waals surface area contributed by atoms with Gasteiger partial charge in [0.15, 0.2) is 0 Å². The van der Waals surface area contributed by atoms with Gasteiger partial charge in [-0.15, -0.1) is 0 Å². The third-order valence-electron chi connectivity index (χ3n) is 4.51. The molecule has 0 saturated carbocycles. The summed E-state index contributed by atoms with van der Waals surface area (Å²) in [6, 6.07) is 0.0621. The Morgan fingerprint density at radius 2 is 1.95 bits per heavy atom. The number of piperidine rings is 1. The molecule has 116 valence electrons. The molecule has 0 aromatic rings. The number of rotatable bonds is 4. The van der Waals surface area contributed by atoms with Crippen LogP contribution in [0, 0.1) is 5.92 Å². The molecule has 5 heteroatoms. The highest BCUT2D eigenvalue weighted by Crippen LogP contribution is 2.17. The van der Waals surface area contributed by atoms with Crippen molar-refractivity contribution in [2.24, 2.45) is 5.92 Å². The molecule has 0 spiro atoms. The Hall–Kier alpha value is -0.650. The van der Waals surface area contributed by atoms with Crippen LogP contribution in [0.3, 0.4) is 0 Å². The van der Waals surface area contributed by atoms with Crippen molar-refractivity contribution in [3.63, 3.8) is 0 Å². The van der Waals surface area contributed by atoms with Gasteiger partial charge in [-0.2, -0.15) is 0 Å². The van der Waals surface area contributed by atoms with Gasteiger partial charge in [0, 0.05) is 39.3 Å². The van der Waals surface area contributed by atoms with Crippen LogP contribution < -0.4 is 5.32 Å². The van der Waals surface area contributed by atoms with Crippen LogP contribution in [0.1, 0.15) is 19.8 Å². The molecule has 0 aromatic carbocycles. The van der Waals surface area contributed by atoms with Gasteiger partial charge < -0.3 is 15.1 Å². The van der Waals surface area contributed by atoms with Crippen molar-refractivity contribution in [2.45, 2.75) is 25.8 Å². The predicted molar refractivity (Wildman–Crippen MR) is 81.8 cm³/mol. The van der Waals surface area contributed by atoms with Crippen LogP contribution in [0.25, 0.3) is 0 Å². The van der Waals surface area contributed by atoms with Gasteiger partial charge >= 0.3 is 0 Å². The Morgan fingerprint density at radius 1 is 1.25 bits per heavy atom. The summed E-state index contributed by atoms with van der Waals surface area (Å²) in [5.41, 5.74) is 0. The lowest BCUT2D eigenvalue weighted by molar-refractivity contribution is -0.136. The average molecular weight is 282 g/mol. The van der Waals surface area contributed by atoms with E-state index in [9.17, 15) is 4.79 Å². The molecule has 20 heavy (non-hydrogen) atoms. The van der Waals surface area contributed by atoms with Crippen LogP contribution >= 0.6 is 0 Å². The molecule has 2 saturated heterocycles. The minimum Gasteiger partial charge on any atom is -0.339 e. The first kappa shape index (κ1) is 15.7. The number of amides is 1. The number of nitrogens with one attached hydrogen (secondary N) is 1. The minimum atomic E-state index is 0.0621. The minimum absolute atomic E-state index is 0.0621. The number of nitrogens with zero attached hydrogens (tertiary/aromatic N) is 3. The molecule has 2 fully saturated rings. The van der Waals surface area contributed by atoms with E-state index in [2.05, 4.69) is 41.0 Å². The van der Waals surface area contributed by atoms with E-state index < -0.39 is 0 Å². The van der Waals surface area contributed by atoms with E-state index in [-0.39, 0.29) is 6.04 Å². The summed E-state index contributed by atoms with van der Waals surface area (Å²) in [6.07, 6.45) is 2.20. The van der Waals surface area contributed by atoms with E-state index in [0.717, 1.165) is 52.2 Å². The molecule has 2 aliphatic rings. The molecule has 0 aliphatic carbocycles. The van der Waals surface area contributed by atoms with Gasteiger partial charge in [0.05, 0.1) is 6.04 Å². The Labute approximate surface area is 123 Å². The molecule has 2 atom stereocenters. The van der Waals surface area contributed by atoms with Gasteiger partial charge in [-0.25, -0.2) is 0 Å². The average Bonchev–Trinajstić information content (AvgIpc) is 2.45. The van der Waals surface area contributed by atoms with Gasteiger partial charge in [0.25, 0.3) is 0 Å². The van der Waals surface area contributed by atoms with Gasteiger partial charge in [0.1, 0.15) is 0 Å². The molecule has 1 N–H and O–H groups in total. The van der Waals surface area contributed by atoms with Crippen molar-refractivity contribution in [1.29, 1.82) is 0 Å². The van der Waals surface area contributed by atoms with Gasteiger partial charge in [-0.1, -0.05) is 6.92 Å². The monoisotopic (exact) mass is 282 g/mol. The topological polar surface area (TPSA) is 38.8 Å². The molecule has 2 aliphatic heterocycles. The van der Waals surface area contributed by atoms with E-state index in [1.54, 1.807) is 0 Å².